The number of benzene rings is 1. The normalized spacial score (nSPS) is 11.4. The van der Waals surface area contributed by atoms with Gasteiger partial charge in [0, 0.05) is 29.5 Å². The van der Waals surface area contributed by atoms with Crippen LogP contribution in [-0.4, -0.2) is 16.8 Å². The second kappa shape index (κ2) is 5.21. The molecule has 0 unspecified atom stereocenters. The van der Waals surface area contributed by atoms with Crippen molar-refractivity contribution in [2.75, 3.05) is 7.05 Å². The van der Waals surface area contributed by atoms with Crippen LogP contribution in [0.25, 0.3) is 0 Å². The largest absolute Gasteiger partial charge is 0.332 e. The van der Waals surface area contributed by atoms with Crippen molar-refractivity contribution in [3.63, 3.8) is 0 Å². The monoisotopic (exact) mass is 297 g/mol. The fraction of sp³-hybridized carbons (Fsp3) is 0.500. The highest BCUT2D eigenvalue weighted by Crippen LogP contribution is 2.24. The molecule has 0 atom stereocenters. The summed E-state index contributed by atoms with van der Waals surface area (Å²) in [5.41, 5.74) is 3.92. The smallest absolute Gasteiger partial charge is 0.289 e. The number of carbonyl (C=O) groups excluding carboxylic acids is 1. The van der Waals surface area contributed by atoms with Crippen molar-refractivity contribution >= 4 is 20.7 Å². The molecule has 0 aromatic heterocycles. The SMILES string of the molecule is Cc1cc(C(C)(C)C)ccc1CN(C)C(=O)Br. The molecule has 0 saturated carbocycles. The molecule has 0 N–H and O–H groups in total. The van der Waals surface area contributed by atoms with Gasteiger partial charge in [0.25, 0.3) is 4.82 Å². The summed E-state index contributed by atoms with van der Waals surface area (Å²) in [6, 6.07) is 6.47. The fourth-order valence-corrected chi connectivity index (χ4v) is 1.78. The van der Waals surface area contributed by atoms with Gasteiger partial charge in [0.05, 0.1) is 0 Å². The number of hydrogen-bond acceptors (Lipinski definition) is 1. The molecule has 0 aliphatic heterocycles. The van der Waals surface area contributed by atoms with Crippen LogP contribution in [0.5, 0.6) is 0 Å². The predicted octanol–water partition coefficient (Wildman–Crippen LogP) is 4.24. The van der Waals surface area contributed by atoms with Gasteiger partial charge < -0.3 is 4.90 Å². The lowest BCUT2D eigenvalue weighted by Gasteiger charge is -2.22. The lowest BCUT2D eigenvalue weighted by atomic mass is 9.85. The molecule has 0 fully saturated rings. The van der Waals surface area contributed by atoms with Crippen LogP contribution in [0.15, 0.2) is 18.2 Å². The number of carbonyl (C=O) groups is 1. The maximum Gasteiger partial charge on any atom is 0.289 e. The van der Waals surface area contributed by atoms with Crippen LogP contribution in [0.3, 0.4) is 0 Å². The summed E-state index contributed by atoms with van der Waals surface area (Å²) in [4.78, 5) is 12.7. The maximum atomic E-state index is 11.1. The standard InChI is InChI=1S/C14H20BrNO/c1-10-8-12(14(2,3)4)7-6-11(10)9-16(5)13(15)17/h6-8H,9H2,1-5H3. The topological polar surface area (TPSA) is 20.3 Å². The highest BCUT2D eigenvalue weighted by Gasteiger charge is 2.15. The minimum absolute atomic E-state index is 0.0863. The van der Waals surface area contributed by atoms with Crippen LogP contribution in [0, 0.1) is 6.92 Å². The predicted molar refractivity (Wildman–Crippen MR) is 75.7 cm³/mol. The Hall–Kier alpha value is -0.830. The number of amides is 1. The van der Waals surface area contributed by atoms with Crippen molar-refractivity contribution < 1.29 is 4.79 Å². The van der Waals surface area contributed by atoms with E-state index < -0.39 is 0 Å². The molecule has 1 aromatic carbocycles. The molecule has 1 aromatic rings. The summed E-state index contributed by atoms with van der Waals surface area (Å²) in [5, 5.41) is 0. The zero-order chi connectivity index (χ0) is 13.2. The van der Waals surface area contributed by atoms with Crippen LogP contribution in [0.1, 0.15) is 37.5 Å². The number of hydrogen-bond donors (Lipinski definition) is 0. The number of aryl methyl sites for hydroxylation is 1. The van der Waals surface area contributed by atoms with Gasteiger partial charge in [-0.1, -0.05) is 39.0 Å². The van der Waals surface area contributed by atoms with Gasteiger partial charge in [0.15, 0.2) is 0 Å². The van der Waals surface area contributed by atoms with E-state index in [9.17, 15) is 4.79 Å². The van der Waals surface area contributed by atoms with Gasteiger partial charge in [-0.3, -0.25) is 4.79 Å². The Morgan fingerprint density at radius 1 is 1.35 bits per heavy atom. The summed E-state index contributed by atoms with van der Waals surface area (Å²) in [6.07, 6.45) is 0. The molecule has 0 heterocycles. The van der Waals surface area contributed by atoms with Crippen LogP contribution in [0.2, 0.25) is 0 Å². The van der Waals surface area contributed by atoms with E-state index in [1.807, 2.05) is 0 Å². The van der Waals surface area contributed by atoms with Crippen LogP contribution in [-0.2, 0) is 12.0 Å². The molecule has 0 spiro atoms. The maximum absolute atomic E-state index is 11.1. The van der Waals surface area contributed by atoms with E-state index in [0.29, 0.717) is 6.54 Å². The zero-order valence-electron chi connectivity index (χ0n) is 11.2. The molecule has 0 radical (unpaired) electrons. The lowest BCUT2D eigenvalue weighted by molar-refractivity contribution is 0.233. The minimum atomic E-state index is -0.0863. The third kappa shape index (κ3) is 3.84. The molecule has 1 amide bonds. The summed E-state index contributed by atoms with van der Waals surface area (Å²) in [5.74, 6) is 0. The lowest BCUT2D eigenvalue weighted by Crippen LogP contribution is -2.20. The molecule has 0 bridgehead atoms. The number of nitrogens with zero attached hydrogens (tertiary/aromatic N) is 1. The molecule has 0 aliphatic rings. The highest BCUT2D eigenvalue weighted by atomic mass is 79.9. The van der Waals surface area contributed by atoms with Gasteiger partial charge >= 0.3 is 0 Å². The number of rotatable bonds is 2. The van der Waals surface area contributed by atoms with Gasteiger partial charge in [0.1, 0.15) is 0 Å². The summed E-state index contributed by atoms with van der Waals surface area (Å²) < 4.78 is 0. The first-order chi connectivity index (χ1) is 7.71. The second-order valence-electron chi connectivity index (χ2n) is 5.50. The van der Waals surface area contributed by atoms with Crippen molar-refractivity contribution in [2.24, 2.45) is 0 Å². The molecule has 2 nitrogen and oxygen atoms in total. The van der Waals surface area contributed by atoms with Gasteiger partial charge in [-0.15, -0.1) is 0 Å². The Morgan fingerprint density at radius 2 is 1.94 bits per heavy atom. The third-order valence-electron chi connectivity index (χ3n) is 2.92. The summed E-state index contributed by atoms with van der Waals surface area (Å²) in [7, 11) is 1.79. The van der Waals surface area contributed by atoms with E-state index in [1.165, 1.54) is 16.7 Å². The van der Waals surface area contributed by atoms with E-state index in [-0.39, 0.29) is 10.2 Å². The molecule has 1 rings (SSSR count). The number of halogens is 1. The highest BCUT2D eigenvalue weighted by molar-refractivity contribution is 9.18. The Balaban J connectivity index is 2.95. The molecule has 94 valence electrons. The van der Waals surface area contributed by atoms with Crippen molar-refractivity contribution in [3.05, 3.63) is 34.9 Å². The molecule has 0 saturated heterocycles. The second-order valence-corrected chi connectivity index (χ2v) is 6.18. The minimum Gasteiger partial charge on any atom is -0.332 e. The third-order valence-corrected chi connectivity index (χ3v) is 3.52. The Morgan fingerprint density at radius 3 is 2.35 bits per heavy atom. The van der Waals surface area contributed by atoms with Crippen molar-refractivity contribution in [1.29, 1.82) is 0 Å². The molecule has 3 heteroatoms. The Bertz CT molecular complexity index is 421. The fourth-order valence-electron chi connectivity index (χ4n) is 1.66. The van der Waals surface area contributed by atoms with E-state index in [2.05, 4.69) is 61.8 Å². The molecule has 17 heavy (non-hydrogen) atoms. The van der Waals surface area contributed by atoms with Crippen LogP contribution >= 0.6 is 15.9 Å². The summed E-state index contributed by atoms with van der Waals surface area (Å²) in [6.45, 7) is 9.35. The Labute approximate surface area is 112 Å². The van der Waals surface area contributed by atoms with E-state index >= 15 is 0 Å². The van der Waals surface area contributed by atoms with E-state index in [4.69, 9.17) is 0 Å². The van der Waals surface area contributed by atoms with Crippen molar-refractivity contribution in [2.45, 2.75) is 39.7 Å². The first-order valence-electron chi connectivity index (χ1n) is 5.72. The first kappa shape index (κ1) is 14.2. The van der Waals surface area contributed by atoms with Gasteiger partial charge in [-0.2, -0.15) is 0 Å². The molecule has 0 aliphatic carbocycles. The van der Waals surface area contributed by atoms with Gasteiger partial charge in [0.2, 0.25) is 0 Å². The Kier molecular flexibility index (Phi) is 4.36. The summed E-state index contributed by atoms with van der Waals surface area (Å²) >= 11 is 2.96. The van der Waals surface area contributed by atoms with Gasteiger partial charge in [-0.25, -0.2) is 0 Å². The van der Waals surface area contributed by atoms with E-state index in [1.54, 1.807) is 11.9 Å². The van der Waals surface area contributed by atoms with Crippen LogP contribution in [0.4, 0.5) is 4.79 Å². The van der Waals surface area contributed by atoms with Crippen molar-refractivity contribution in [1.82, 2.24) is 4.90 Å². The average molecular weight is 298 g/mol. The molecular formula is C14H20BrNO. The zero-order valence-corrected chi connectivity index (χ0v) is 12.8. The quantitative estimate of drug-likeness (QED) is 0.591. The van der Waals surface area contributed by atoms with E-state index in [0.717, 1.165) is 0 Å². The average Bonchev–Trinajstić information content (AvgIpc) is 2.19. The van der Waals surface area contributed by atoms with Crippen molar-refractivity contribution in [3.8, 4) is 0 Å². The molecular weight excluding hydrogens is 278 g/mol. The van der Waals surface area contributed by atoms with Gasteiger partial charge in [-0.05, 0) is 29.0 Å². The van der Waals surface area contributed by atoms with Crippen LogP contribution < -0.4 is 0 Å². The first-order valence-corrected chi connectivity index (χ1v) is 6.51.